The molecular weight excluding hydrogens is 292 g/mol. The van der Waals surface area contributed by atoms with Gasteiger partial charge in [0.05, 0.1) is 0 Å². The molecule has 2 aromatic rings. The van der Waals surface area contributed by atoms with Crippen molar-refractivity contribution in [2.45, 2.75) is 38.8 Å². The van der Waals surface area contributed by atoms with Crippen LogP contribution in [0, 0.1) is 6.92 Å². The maximum Gasteiger partial charge on any atom is 0.225 e. The van der Waals surface area contributed by atoms with E-state index in [1.807, 2.05) is 23.8 Å². The lowest BCUT2D eigenvalue weighted by Gasteiger charge is -2.33. The van der Waals surface area contributed by atoms with Gasteiger partial charge >= 0.3 is 0 Å². The summed E-state index contributed by atoms with van der Waals surface area (Å²) in [6, 6.07) is 1.97. The zero-order valence-electron chi connectivity index (χ0n) is 13.4. The summed E-state index contributed by atoms with van der Waals surface area (Å²) in [4.78, 5) is 27.0. The highest BCUT2D eigenvalue weighted by molar-refractivity contribution is 5.76. The van der Waals surface area contributed by atoms with Crippen LogP contribution in [-0.4, -0.2) is 44.6 Å². The van der Waals surface area contributed by atoms with Crippen molar-refractivity contribution in [1.82, 2.24) is 24.8 Å². The second-order valence-corrected chi connectivity index (χ2v) is 5.82. The number of anilines is 1. The van der Waals surface area contributed by atoms with Crippen LogP contribution in [0.1, 0.15) is 25.1 Å². The lowest BCUT2D eigenvalue weighted by molar-refractivity contribution is -0.122. The number of rotatable bonds is 5. The molecule has 0 spiro atoms. The highest BCUT2D eigenvalue weighted by Crippen LogP contribution is 2.15. The first kappa shape index (κ1) is 15.5. The molecule has 122 valence electrons. The number of hydrogen-bond donors (Lipinski definition) is 1. The minimum Gasteiger partial charge on any atom is -0.352 e. The van der Waals surface area contributed by atoms with Gasteiger partial charge in [0.2, 0.25) is 11.9 Å². The summed E-state index contributed by atoms with van der Waals surface area (Å²) in [6.45, 7) is 4.30. The summed E-state index contributed by atoms with van der Waals surface area (Å²) in [5.74, 6) is 1.75. The van der Waals surface area contributed by atoms with Gasteiger partial charge in [0.25, 0.3) is 0 Å². The standard InChI is InChI=1S/C16H22N6O/c1-13-17-8-11-21(13)10-5-15(23)20-14-4-2-9-22(12-14)16-18-6-3-7-19-16/h3,6-8,11,14H,2,4-5,9-10,12H2,1H3,(H,20,23)/t14-/m0/s1. The van der Waals surface area contributed by atoms with E-state index in [1.165, 1.54) is 0 Å². The van der Waals surface area contributed by atoms with Gasteiger partial charge in [0.1, 0.15) is 5.82 Å². The highest BCUT2D eigenvalue weighted by atomic mass is 16.1. The zero-order chi connectivity index (χ0) is 16.1. The topological polar surface area (TPSA) is 75.9 Å². The van der Waals surface area contributed by atoms with E-state index in [1.54, 1.807) is 18.6 Å². The Labute approximate surface area is 135 Å². The fourth-order valence-corrected chi connectivity index (χ4v) is 2.89. The SMILES string of the molecule is Cc1nccn1CCC(=O)N[C@H]1CCCN(c2ncccn2)C1. The van der Waals surface area contributed by atoms with Gasteiger partial charge in [-0.3, -0.25) is 4.79 Å². The van der Waals surface area contributed by atoms with Crippen LogP contribution in [0.15, 0.2) is 30.9 Å². The van der Waals surface area contributed by atoms with Crippen molar-refractivity contribution in [2.24, 2.45) is 0 Å². The van der Waals surface area contributed by atoms with E-state index in [0.717, 1.165) is 37.7 Å². The van der Waals surface area contributed by atoms with Crippen LogP contribution in [0.5, 0.6) is 0 Å². The summed E-state index contributed by atoms with van der Waals surface area (Å²) < 4.78 is 1.99. The third-order valence-corrected chi connectivity index (χ3v) is 4.12. The summed E-state index contributed by atoms with van der Waals surface area (Å²) >= 11 is 0. The Morgan fingerprint density at radius 2 is 2.13 bits per heavy atom. The third-order valence-electron chi connectivity index (χ3n) is 4.12. The van der Waals surface area contributed by atoms with Gasteiger partial charge in [-0.2, -0.15) is 0 Å². The maximum absolute atomic E-state index is 12.2. The molecule has 1 aliphatic rings. The molecule has 1 fully saturated rings. The summed E-state index contributed by atoms with van der Waals surface area (Å²) in [5, 5.41) is 3.13. The lowest BCUT2D eigenvalue weighted by Crippen LogP contribution is -2.48. The van der Waals surface area contributed by atoms with E-state index in [0.29, 0.717) is 13.0 Å². The predicted octanol–water partition coefficient (Wildman–Crippen LogP) is 1.16. The molecule has 1 N–H and O–H groups in total. The fourth-order valence-electron chi connectivity index (χ4n) is 2.89. The Morgan fingerprint density at radius 3 is 2.87 bits per heavy atom. The van der Waals surface area contributed by atoms with Crippen molar-refractivity contribution in [3.63, 3.8) is 0 Å². The number of aromatic nitrogens is 4. The van der Waals surface area contributed by atoms with E-state index < -0.39 is 0 Å². The average molecular weight is 314 g/mol. The van der Waals surface area contributed by atoms with Crippen LogP contribution < -0.4 is 10.2 Å². The number of carbonyl (C=O) groups is 1. The maximum atomic E-state index is 12.2. The predicted molar refractivity (Wildman–Crippen MR) is 87.0 cm³/mol. The monoisotopic (exact) mass is 314 g/mol. The van der Waals surface area contributed by atoms with Crippen LogP contribution in [0.25, 0.3) is 0 Å². The molecule has 0 bridgehead atoms. The van der Waals surface area contributed by atoms with E-state index in [-0.39, 0.29) is 11.9 Å². The quantitative estimate of drug-likeness (QED) is 0.896. The number of piperidine rings is 1. The van der Waals surface area contributed by atoms with E-state index in [4.69, 9.17) is 0 Å². The second kappa shape index (κ2) is 7.21. The van der Waals surface area contributed by atoms with Gasteiger partial charge in [-0.15, -0.1) is 0 Å². The fraction of sp³-hybridized carbons (Fsp3) is 0.500. The number of nitrogens with one attached hydrogen (secondary N) is 1. The second-order valence-electron chi connectivity index (χ2n) is 5.82. The normalized spacial score (nSPS) is 18.0. The molecule has 23 heavy (non-hydrogen) atoms. The third kappa shape index (κ3) is 4.06. The molecule has 3 rings (SSSR count). The molecule has 0 radical (unpaired) electrons. The molecule has 0 aliphatic carbocycles. The van der Waals surface area contributed by atoms with Gasteiger partial charge in [-0.1, -0.05) is 0 Å². The van der Waals surface area contributed by atoms with Gasteiger partial charge in [0.15, 0.2) is 0 Å². The van der Waals surface area contributed by atoms with Crippen LogP contribution in [0.4, 0.5) is 5.95 Å². The number of carbonyl (C=O) groups excluding carboxylic acids is 1. The number of hydrogen-bond acceptors (Lipinski definition) is 5. The van der Waals surface area contributed by atoms with E-state index >= 15 is 0 Å². The van der Waals surface area contributed by atoms with Crippen LogP contribution >= 0.6 is 0 Å². The zero-order valence-corrected chi connectivity index (χ0v) is 13.4. The molecule has 1 aliphatic heterocycles. The molecule has 3 heterocycles. The minimum atomic E-state index is 0.0823. The van der Waals surface area contributed by atoms with Gasteiger partial charge < -0.3 is 14.8 Å². The first-order chi connectivity index (χ1) is 11.2. The Morgan fingerprint density at radius 1 is 1.30 bits per heavy atom. The first-order valence-corrected chi connectivity index (χ1v) is 8.01. The molecular formula is C16H22N6O. The van der Waals surface area contributed by atoms with Crippen LogP contribution in [0.3, 0.4) is 0 Å². The minimum absolute atomic E-state index is 0.0823. The van der Waals surface area contributed by atoms with Crippen LogP contribution in [-0.2, 0) is 11.3 Å². The number of amides is 1. The highest BCUT2D eigenvalue weighted by Gasteiger charge is 2.22. The Balaban J connectivity index is 1.49. The largest absolute Gasteiger partial charge is 0.352 e. The van der Waals surface area contributed by atoms with Crippen molar-refractivity contribution in [1.29, 1.82) is 0 Å². The van der Waals surface area contributed by atoms with E-state index in [9.17, 15) is 4.79 Å². The van der Waals surface area contributed by atoms with Crippen molar-refractivity contribution >= 4 is 11.9 Å². The molecule has 2 aromatic heterocycles. The summed E-state index contributed by atoms with van der Waals surface area (Å²) in [7, 11) is 0. The smallest absolute Gasteiger partial charge is 0.225 e. The summed E-state index contributed by atoms with van der Waals surface area (Å²) in [6.07, 6.45) is 9.65. The lowest BCUT2D eigenvalue weighted by atomic mass is 10.1. The average Bonchev–Trinajstić information content (AvgIpc) is 2.99. The number of aryl methyl sites for hydroxylation is 2. The number of nitrogens with zero attached hydrogens (tertiary/aromatic N) is 5. The number of imidazole rings is 1. The molecule has 0 saturated carbocycles. The molecule has 1 atom stereocenters. The van der Waals surface area contributed by atoms with Gasteiger partial charge in [-0.05, 0) is 25.8 Å². The Kier molecular flexibility index (Phi) is 4.85. The molecule has 1 saturated heterocycles. The van der Waals surface area contributed by atoms with Gasteiger partial charge in [-0.25, -0.2) is 15.0 Å². The first-order valence-electron chi connectivity index (χ1n) is 8.01. The van der Waals surface area contributed by atoms with Crippen LogP contribution in [0.2, 0.25) is 0 Å². The summed E-state index contributed by atoms with van der Waals surface area (Å²) in [5.41, 5.74) is 0. The molecule has 1 amide bonds. The Bertz CT molecular complexity index is 641. The van der Waals surface area contributed by atoms with Crippen molar-refractivity contribution in [3.05, 3.63) is 36.7 Å². The van der Waals surface area contributed by atoms with Crippen molar-refractivity contribution < 1.29 is 4.79 Å². The molecule has 7 heteroatoms. The Hall–Kier alpha value is -2.44. The van der Waals surface area contributed by atoms with E-state index in [2.05, 4.69) is 25.2 Å². The van der Waals surface area contributed by atoms with Crippen molar-refractivity contribution in [3.8, 4) is 0 Å². The molecule has 0 aromatic carbocycles. The van der Waals surface area contributed by atoms with Crippen molar-refractivity contribution in [2.75, 3.05) is 18.0 Å². The van der Waals surface area contributed by atoms with Gasteiger partial charge in [0, 0.05) is 56.9 Å². The molecule has 0 unspecified atom stereocenters. The molecule has 7 nitrogen and oxygen atoms in total.